The lowest BCUT2D eigenvalue weighted by atomic mass is 9.89. The molecule has 3 heterocycles. The minimum atomic E-state index is -1.92. The van der Waals surface area contributed by atoms with Gasteiger partial charge in [-0.1, -0.05) is 0 Å². The SMILES string of the molecule is O=c1cc(-c2ccc(O)cc2)oc2c([C@@H]3OC(CO)[C@@H](O)[C@H](O)C3O[C@@H]3OC(CO)[C@@H](O)[C@H](O)C3O)c(O)cc(O)c12. The second kappa shape index (κ2) is 11.7. The summed E-state index contributed by atoms with van der Waals surface area (Å²) in [5.41, 5.74) is -1.21. The van der Waals surface area contributed by atoms with E-state index in [1.807, 2.05) is 0 Å². The van der Waals surface area contributed by atoms with Gasteiger partial charge in [-0.05, 0) is 24.3 Å². The van der Waals surface area contributed by atoms with Crippen LogP contribution in [0.2, 0.25) is 0 Å². The number of rotatable bonds is 6. The van der Waals surface area contributed by atoms with Crippen molar-refractivity contribution < 1.29 is 69.7 Å². The topological polar surface area (TPSA) is 260 Å². The predicted octanol–water partition coefficient (Wildman–Crippen LogP) is -2.08. The van der Waals surface area contributed by atoms with Crippen LogP contribution in [0, 0.1) is 0 Å². The summed E-state index contributed by atoms with van der Waals surface area (Å²) in [7, 11) is 0. The molecule has 0 radical (unpaired) electrons. The lowest BCUT2D eigenvalue weighted by Gasteiger charge is -2.46. The number of fused-ring (bicyclic) bond motifs is 1. The fraction of sp³-hybridized carbons (Fsp3) is 0.444. The third kappa shape index (κ3) is 5.20. The van der Waals surface area contributed by atoms with Crippen molar-refractivity contribution in [2.24, 2.45) is 0 Å². The summed E-state index contributed by atoms with van der Waals surface area (Å²) in [5, 5.41) is 103. The molecule has 0 spiro atoms. The summed E-state index contributed by atoms with van der Waals surface area (Å²) >= 11 is 0. The normalized spacial score (nSPS) is 33.6. The Labute approximate surface area is 236 Å². The van der Waals surface area contributed by atoms with Gasteiger partial charge in [0.05, 0.1) is 18.8 Å². The lowest BCUT2D eigenvalue weighted by Crippen LogP contribution is -2.62. The second-order valence-corrected chi connectivity index (χ2v) is 10.1. The lowest BCUT2D eigenvalue weighted by molar-refractivity contribution is -0.342. The number of aromatic hydroxyl groups is 3. The Morgan fingerprint density at radius 2 is 1.36 bits per heavy atom. The fourth-order valence-corrected chi connectivity index (χ4v) is 5.17. The summed E-state index contributed by atoms with van der Waals surface area (Å²) in [6, 6.07) is 7.41. The minimum absolute atomic E-state index is 0.0553. The molecule has 2 fully saturated rings. The van der Waals surface area contributed by atoms with Crippen LogP contribution in [0.15, 0.2) is 45.6 Å². The maximum Gasteiger partial charge on any atom is 0.197 e. The molecule has 15 nitrogen and oxygen atoms in total. The molecule has 2 aromatic carbocycles. The summed E-state index contributed by atoms with van der Waals surface area (Å²) in [6.45, 7) is -1.61. The molecule has 15 heteroatoms. The Kier molecular flexibility index (Phi) is 8.41. The van der Waals surface area contributed by atoms with Gasteiger partial charge in [-0.2, -0.15) is 0 Å². The molecule has 228 valence electrons. The van der Waals surface area contributed by atoms with Crippen molar-refractivity contribution in [3.63, 3.8) is 0 Å². The molecule has 5 rings (SSSR count). The summed E-state index contributed by atoms with van der Waals surface area (Å²) in [6.07, 6.45) is -17.3. The molecule has 10 N–H and O–H groups in total. The third-order valence-corrected chi connectivity index (χ3v) is 7.44. The summed E-state index contributed by atoms with van der Waals surface area (Å²) in [5.74, 6) is -1.50. The third-order valence-electron chi connectivity index (χ3n) is 7.44. The monoisotopic (exact) mass is 594 g/mol. The van der Waals surface area contributed by atoms with Crippen LogP contribution in [0.5, 0.6) is 17.2 Å². The number of aliphatic hydroxyl groups excluding tert-OH is 7. The van der Waals surface area contributed by atoms with Gasteiger partial charge in [0, 0.05) is 17.7 Å². The van der Waals surface area contributed by atoms with Crippen LogP contribution in [0.4, 0.5) is 0 Å². The number of hydrogen-bond donors (Lipinski definition) is 10. The average Bonchev–Trinajstić information content (AvgIpc) is 2.96. The van der Waals surface area contributed by atoms with Crippen molar-refractivity contribution in [2.45, 2.75) is 61.2 Å². The molecule has 0 bridgehead atoms. The van der Waals surface area contributed by atoms with Crippen molar-refractivity contribution in [1.29, 1.82) is 0 Å². The van der Waals surface area contributed by atoms with E-state index in [-0.39, 0.29) is 17.1 Å². The first-order valence-corrected chi connectivity index (χ1v) is 12.9. The number of benzene rings is 2. The highest BCUT2D eigenvalue weighted by atomic mass is 16.7. The van der Waals surface area contributed by atoms with Crippen LogP contribution in [-0.4, -0.2) is 119 Å². The van der Waals surface area contributed by atoms with Crippen molar-refractivity contribution in [3.05, 3.63) is 52.2 Å². The Morgan fingerprint density at radius 1 is 0.738 bits per heavy atom. The Balaban J connectivity index is 1.66. The molecule has 2 aliphatic heterocycles. The van der Waals surface area contributed by atoms with Gasteiger partial charge in [0.2, 0.25) is 0 Å². The largest absolute Gasteiger partial charge is 0.508 e. The number of ether oxygens (including phenoxy) is 3. The van der Waals surface area contributed by atoms with Gasteiger partial charge in [-0.15, -0.1) is 0 Å². The maximum absolute atomic E-state index is 13.1. The van der Waals surface area contributed by atoms with Crippen LogP contribution in [-0.2, 0) is 14.2 Å². The Morgan fingerprint density at radius 3 is 2.00 bits per heavy atom. The highest BCUT2D eigenvalue weighted by molar-refractivity contribution is 5.89. The number of phenols is 3. The molecule has 0 aliphatic carbocycles. The van der Waals surface area contributed by atoms with E-state index in [0.29, 0.717) is 5.56 Å². The van der Waals surface area contributed by atoms with Crippen molar-refractivity contribution in [2.75, 3.05) is 13.2 Å². The van der Waals surface area contributed by atoms with E-state index in [0.717, 1.165) is 12.1 Å². The average molecular weight is 595 g/mol. The standard InChI is InChI=1S/C27H30O15/c28-7-15-20(35)22(37)26(42-27-23(38)21(36)19(34)16(8-29)41-27)25(40-15)18-12(32)5-11(31)17-13(33)6-14(39-24(17)18)9-1-3-10(30)4-2-9/h1-6,15-16,19-23,25-32,34-38H,7-8H2/t15?,16?,19-,20-,21+,22+,23?,25+,26?,27+/m1/s1. The molecule has 3 aromatic rings. The van der Waals surface area contributed by atoms with Gasteiger partial charge in [-0.3, -0.25) is 4.79 Å². The van der Waals surface area contributed by atoms with Crippen LogP contribution < -0.4 is 5.43 Å². The number of hydrogen-bond acceptors (Lipinski definition) is 15. The van der Waals surface area contributed by atoms with Gasteiger partial charge in [-0.25, -0.2) is 0 Å². The van der Waals surface area contributed by atoms with E-state index in [4.69, 9.17) is 18.6 Å². The maximum atomic E-state index is 13.1. The van der Waals surface area contributed by atoms with E-state index in [1.54, 1.807) is 0 Å². The molecule has 0 amide bonds. The zero-order valence-electron chi connectivity index (χ0n) is 21.7. The molecular weight excluding hydrogens is 564 g/mol. The predicted molar refractivity (Wildman–Crippen MR) is 138 cm³/mol. The quantitative estimate of drug-likeness (QED) is 0.147. The molecule has 42 heavy (non-hydrogen) atoms. The number of phenolic OH excluding ortho intramolecular Hbond substituents is 3. The summed E-state index contributed by atoms with van der Waals surface area (Å²) in [4.78, 5) is 13.1. The first-order chi connectivity index (χ1) is 20.0. The van der Waals surface area contributed by atoms with E-state index in [9.17, 15) is 55.9 Å². The molecular formula is C27H30O15. The molecule has 2 saturated heterocycles. The highest BCUT2D eigenvalue weighted by Crippen LogP contribution is 2.45. The minimum Gasteiger partial charge on any atom is -0.508 e. The van der Waals surface area contributed by atoms with Gasteiger partial charge < -0.3 is 69.7 Å². The van der Waals surface area contributed by atoms with Gasteiger partial charge in [0.25, 0.3) is 0 Å². The van der Waals surface area contributed by atoms with Crippen LogP contribution in [0.3, 0.4) is 0 Å². The van der Waals surface area contributed by atoms with E-state index in [2.05, 4.69) is 0 Å². The van der Waals surface area contributed by atoms with Gasteiger partial charge in [0.15, 0.2) is 17.3 Å². The van der Waals surface area contributed by atoms with E-state index < -0.39 is 102 Å². The second-order valence-electron chi connectivity index (χ2n) is 10.1. The van der Waals surface area contributed by atoms with Crippen LogP contribution in [0.1, 0.15) is 11.7 Å². The molecule has 0 saturated carbocycles. The van der Waals surface area contributed by atoms with Crippen LogP contribution in [0.25, 0.3) is 22.3 Å². The molecule has 10 atom stereocenters. The zero-order chi connectivity index (χ0) is 30.5. The summed E-state index contributed by atoms with van der Waals surface area (Å²) < 4.78 is 22.9. The van der Waals surface area contributed by atoms with Gasteiger partial charge in [0.1, 0.15) is 83.3 Å². The smallest absolute Gasteiger partial charge is 0.197 e. The van der Waals surface area contributed by atoms with Crippen molar-refractivity contribution in [1.82, 2.24) is 0 Å². The first-order valence-electron chi connectivity index (χ1n) is 12.9. The fourth-order valence-electron chi connectivity index (χ4n) is 5.17. The molecule has 4 unspecified atom stereocenters. The van der Waals surface area contributed by atoms with Gasteiger partial charge >= 0.3 is 0 Å². The Bertz CT molecular complexity index is 1470. The number of aliphatic hydroxyl groups is 7. The Hall–Kier alpha value is -3.35. The van der Waals surface area contributed by atoms with E-state index >= 15 is 0 Å². The van der Waals surface area contributed by atoms with E-state index in [1.165, 1.54) is 24.3 Å². The van der Waals surface area contributed by atoms with Crippen LogP contribution >= 0.6 is 0 Å². The molecule has 1 aromatic heterocycles. The van der Waals surface area contributed by atoms with Crippen molar-refractivity contribution in [3.8, 4) is 28.6 Å². The first kappa shape index (κ1) is 30.1. The molecule has 2 aliphatic rings. The highest BCUT2D eigenvalue weighted by Gasteiger charge is 2.52. The van der Waals surface area contributed by atoms with Crippen molar-refractivity contribution >= 4 is 11.0 Å². The zero-order valence-corrected chi connectivity index (χ0v) is 21.7.